The molecule has 0 aliphatic rings. The zero-order valence-electron chi connectivity index (χ0n) is 14.3. The van der Waals surface area contributed by atoms with Gasteiger partial charge in [0.2, 0.25) is 5.71 Å². The Morgan fingerprint density at radius 2 is 2.04 bits per heavy atom. The van der Waals surface area contributed by atoms with Crippen LogP contribution in [0.3, 0.4) is 0 Å². The van der Waals surface area contributed by atoms with Gasteiger partial charge in [0.05, 0.1) is 13.2 Å². The first-order valence-corrected chi connectivity index (χ1v) is 8.05. The van der Waals surface area contributed by atoms with Gasteiger partial charge in [-0.2, -0.15) is 0 Å². The topological polar surface area (TPSA) is 83.6 Å². The summed E-state index contributed by atoms with van der Waals surface area (Å²) < 4.78 is 30.1. The van der Waals surface area contributed by atoms with E-state index in [9.17, 15) is 14.0 Å². The van der Waals surface area contributed by atoms with Crippen LogP contribution in [0.25, 0.3) is 11.1 Å². The van der Waals surface area contributed by atoms with Gasteiger partial charge in [-0.25, -0.2) is 14.2 Å². The van der Waals surface area contributed by atoms with E-state index in [1.807, 2.05) is 0 Å². The van der Waals surface area contributed by atoms with Gasteiger partial charge in [0.15, 0.2) is 0 Å². The lowest BCUT2D eigenvalue weighted by molar-refractivity contribution is 0.0526. The molecule has 0 amide bonds. The molecule has 1 aromatic carbocycles. The molecule has 0 bridgehead atoms. The van der Waals surface area contributed by atoms with E-state index in [2.05, 4.69) is 4.98 Å². The fourth-order valence-corrected chi connectivity index (χ4v) is 2.54. The molecule has 8 heteroatoms. The highest BCUT2D eigenvalue weighted by Crippen LogP contribution is 2.21. The second-order valence-electron chi connectivity index (χ2n) is 5.48. The first-order valence-electron chi connectivity index (χ1n) is 8.05. The fraction of sp³-hybridized carbons (Fsp3) is 0.278. The second kappa shape index (κ2) is 7.38. The van der Waals surface area contributed by atoms with E-state index < -0.39 is 11.5 Å². The number of ether oxygens (including phenoxy) is 2. The molecule has 0 fully saturated rings. The number of aryl methyl sites for hydroxylation is 1. The number of furan rings is 1. The van der Waals surface area contributed by atoms with E-state index >= 15 is 0 Å². The maximum atomic E-state index is 12.9. The first kappa shape index (κ1) is 17.7. The van der Waals surface area contributed by atoms with Crippen LogP contribution in [-0.2, 0) is 11.3 Å². The van der Waals surface area contributed by atoms with E-state index in [0.29, 0.717) is 5.75 Å². The number of nitrogens with zero attached hydrogens (tertiary/aromatic N) is 2. The molecule has 2 aromatic heterocycles. The number of halogens is 1. The summed E-state index contributed by atoms with van der Waals surface area (Å²) in [5.74, 6) is -0.212. The highest BCUT2D eigenvalue weighted by molar-refractivity contribution is 6.03. The summed E-state index contributed by atoms with van der Waals surface area (Å²) in [6.45, 7) is 3.81. The molecular formula is C18H17FN2O5. The van der Waals surface area contributed by atoms with Crippen LogP contribution in [0.2, 0.25) is 0 Å². The molecule has 136 valence electrons. The molecule has 0 atom stereocenters. The zero-order valence-corrected chi connectivity index (χ0v) is 14.3. The van der Waals surface area contributed by atoms with E-state index in [4.69, 9.17) is 13.9 Å². The highest BCUT2D eigenvalue weighted by Gasteiger charge is 2.23. The lowest BCUT2D eigenvalue weighted by Gasteiger charge is -2.08. The Labute approximate surface area is 148 Å². The molecule has 3 aromatic rings. The molecule has 7 nitrogen and oxygen atoms in total. The first-order chi connectivity index (χ1) is 12.5. The second-order valence-corrected chi connectivity index (χ2v) is 5.48. The number of hydrogen-bond acceptors (Lipinski definition) is 6. The van der Waals surface area contributed by atoms with Crippen LogP contribution >= 0.6 is 0 Å². The Bertz CT molecular complexity index is 991. The number of fused-ring (bicyclic) bond motifs is 1. The van der Waals surface area contributed by atoms with Crippen molar-refractivity contribution in [2.75, 3.05) is 13.2 Å². The number of aromatic nitrogens is 2. The minimum atomic E-state index is -0.622. The van der Waals surface area contributed by atoms with Crippen LogP contribution in [0.5, 0.6) is 5.75 Å². The molecular weight excluding hydrogens is 343 g/mol. The van der Waals surface area contributed by atoms with Crippen LogP contribution in [-0.4, -0.2) is 28.7 Å². The summed E-state index contributed by atoms with van der Waals surface area (Å²) >= 11 is 0. The predicted molar refractivity (Wildman–Crippen MR) is 90.9 cm³/mol. The van der Waals surface area contributed by atoms with Gasteiger partial charge in [0.25, 0.3) is 5.56 Å². The molecule has 26 heavy (non-hydrogen) atoms. The van der Waals surface area contributed by atoms with E-state index in [-0.39, 0.29) is 48.0 Å². The molecule has 0 aliphatic heterocycles. The van der Waals surface area contributed by atoms with Crippen molar-refractivity contribution in [3.8, 4) is 5.75 Å². The maximum Gasteiger partial charge on any atom is 0.342 e. The largest absolute Gasteiger partial charge is 0.492 e. The number of carbonyl (C=O) groups excluding carboxylic acids is 1. The minimum Gasteiger partial charge on any atom is -0.492 e. The molecule has 3 rings (SSSR count). The third-order valence-electron chi connectivity index (χ3n) is 3.75. The smallest absolute Gasteiger partial charge is 0.342 e. The summed E-state index contributed by atoms with van der Waals surface area (Å²) in [6.07, 6.45) is 1.33. The standard InChI is InChI=1S/C18H17FN2O5/c1-3-24-18(23)14-11(2)26-16-15(14)17(22)21(10-20-16)8-9-25-13-6-4-12(19)5-7-13/h4-7,10H,3,8-9H2,1-2H3. The van der Waals surface area contributed by atoms with Crippen molar-refractivity contribution in [3.05, 3.63) is 58.1 Å². The summed E-state index contributed by atoms with van der Waals surface area (Å²) in [5, 5.41) is 0.0882. The normalized spacial score (nSPS) is 10.9. The quantitative estimate of drug-likeness (QED) is 0.629. The molecule has 0 aliphatic carbocycles. The summed E-state index contributed by atoms with van der Waals surface area (Å²) in [4.78, 5) is 28.9. The Balaban J connectivity index is 1.84. The van der Waals surface area contributed by atoms with E-state index in [0.717, 1.165) is 0 Å². The predicted octanol–water partition coefficient (Wildman–Crippen LogP) is 2.69. The van der Waals surface area contributed by atoms with Crippen molar-refractivity contribution in [1.82, 2.24) is 9.55 Å². The van der Waals surface area contributed by atoms with Gasteiger partial charge >= 0.3 is 5.97 Å². The van der Waals surface area contributed by atoms with E-state index in [1.54, 1.807) is 13.8 Å². The van der Waals surface area contributed by atoms with Crippen molar-refractivity contribution in [1.29, 1.82) is 0 Å². The molecule has 0 unspecified atom stereocenters. The average molecular weight is 360 g/mol. The van der Waals surface area contributed by atoms with Gasteiger partial charge in [0.1, 0.15) is 41.2 Å². The number of rotatable bonds is 6. The van der Waals surface area contributed by atoms with Crippen molar-refractivity contribution in [2.45, 2.75) is 20.4 Å². The number of benzene rings is 1. The Kier molecular flexibility index (Phi) is 5.01. The summed E-state index contributed by atoms with van der Waals surface area (Å²) in [5.41, 5.74) is -0.239. The Morgan fingerprint density at radius 3 is 2.73 bits per heavy atom. The third kappa shape index (κ3) is 3.44. The molecule has 0 N–H and O–H groups in total. The number of esters is 1. The van der Waals surface area contributed by atoms with Gasteiger partial charge in [-0.1, -0.05) is 0 Å². The SMILES string of the molecule is CCOC(=O)c1c(C)oc2ncn(CCOc3ccc(F)cc3)c(=O)c12. The minimum absolute atomic E-state index is 0.0882. The van der Waals surface area contributed by atoms with Gasteiger partial charge in [0, 0.05) is 0 Å². The van der Waals surface area contributed by atoms with Gasteiger partial charge in [-0.15, -0.1) is 0 Å². The number of carbonyl (C=O) groups is 1. The van der Waals surface area contributed by atoms with Crippen LogP contribution < -0.4 is 10.3 Å². The van der Waals surface area contributed by atoms with Crippen molar-refractivity contribution >= 4 is 17.1 Å². The molecule has 0 saturated carbocycles. The zero-order chi connectivity index (χ0) is 18.7. The van der Waals surface area contributed by atoms with Crippen LogP contribution in [0, 0.1) is 12.7 Å². The van der Waals surface area contributed by atoms with Crippen molar-refractivity contribution in [2.24, 2.45) is 0 Å². The lowest BCUT2D eigenvalue weighted by atomic mass is 10.2. The van der Waals surface area contributed by atoms with Crippen molar-refractivity contribution in [3.63, 3.8) is 0 Å². The van der Waals surface area contributed by atoms with Gasteiger partial charge < -0.3 is 13.9 Å². The fourth-order valence-electron chi connectivity index (χ4n) is 2.54. The van der Waals surface area contributed by atoms with E-state index in [1.165, 1.54) is 35.2 Å². The molecule has 0 spiro atoms. The monoisotopic (exact) mass is 360 g/mol. The Hall–Kier alpha value is -3.16. The molecule has 0 saturated heterocycles. The highest BCUT2D eigenvalue weighted by atomic mass is 19.1. The summed E-state index contributed by atoms with van der Waals surface area (Å²) in [7, 11) is 0. The van der Waals surface area contributed by atoms with Crippen LogP contribution in [0.1, 0.15) is 23.0 Å². The van der Waals surface area contributed by atoms with Gasteiger partial charge in [-0.3, -0.25) is 9.36 Å². The molecule has 0 radical (unpaired) electrons. The van der Waals surface area contributed by atoms with Gasteiger partial charge in [-0.05, 0) is 38.1 Å². The average Bonchev–Trinajstić information content (AvgIpc) is 2.96. The van der Waals surface area contributed by atoms with Crippen LogP contribution in [0.4, 0.5) is 4.39 Å². The summed E-state index contributed by atoms with van der Waals surface area (Å²) in [6, 6.07) is 5.57. The number of hydrogen-bond donors (Lipinski definition) is 0. The lowest BCUT2D eigenvalue weighted by Crippen LogP contribution is -2.24. The third-order valence-corrected chi connectivity index (χ3v) is 3.75. The Morgan fingerprint density at radius 1 is 1.31 bits per heavy atom. The molecule has 2 heterocycles. The van der Waals surface area contributed by atoms with Crippen LogP contribution in [0.15, 0.2) is 39.8 Å². The van der Waals surface area contributed by atoms with Crippen molar-refractivity contribution < 1.29 is 23.1 Å². The maximum absolute atomic E-state index is 12.9.